The molecular formula is C13H12N2O8. The van der Waals surface area contributed by atoms with Crippen molar-refractivity contribution in [2.45, 2.75) is 38.5 Å². The fourth-order valence-electron chi connectivity index (χ4n) is 2.27. The number of carbonyl (C=O) groups excluding carboxylic acids is 6. The van der Waals surface area contributed by atoms with Crippen LogP contribution in [-0.2, 0) is 38.4 Å². The number of hydrogen-bond donors (Lipinski definition) is 0. The second kappa shape index (κ2) is 5.14. The van der Waals surface area contributed by atoms with Crippen molar-refractivity contribution in [2.75, 3.05) is 0 Å². The Labute approximate surface area is 129 Å². The van der Waals surface area contributed by atoms with Crippen LogP contribution in [0.15, 0.2) is 0 Å². The van der Waals surface area contributed by atoms with Crippen LogP contribution in [0.3, 0.4) is 0 Å². The molecule has 0 bridgehead atoms. The van der Waals surface area contributed by atoms with E-state index in [1.165, 1.54) is 0 Å². The molecule has 2 heterocycles. The highest BCUT2D eigenvalue weighted by Crippen LogP contribution is 2.48. The maximum absolute atomic E-state index is 12.1. The zero-order valence-electron chi connectivity index (χ0n) is 11.9. The first-order valence-corrected chi connectivity index (χ1v) is 7.01. The van der Waals surface area contributed by atoms with E-state index in [1.54, 1.807) is 0 Å². The standard InChI is InChI=1S/C13H12N2O8/c16-7-1-2-8(17)14(7)22-11(20)13(5-6-13)12(21)23-15-9(18)3-4-10(15)19/h1-6H2. The van der Waals surface area contributed by atoms with Crippen LogP contribution in [0.25, 0.3) is 0 Å². The van der Waals surface area contributed by atoms with Gasteiger partial charge in [-0.05, 0) is 12.8 Å². The van der Waals surface area contributed by atoms with Crippen molar-refractivity contribution < 1.29 is 38.4 Å². The Morgan fingerprint density at radius 1 is 0.696 bits per heavy atom. The Balaban J connectivity index is 1.66. The average molecular weight is 324 g/mol. The van der Waals surface area contributed by atoms with Crippen molar-refractivity contribution in [3.63, 3.8) is 0 Å². The quantitative estimate of drug-likeness (QED) is 0.475. The van der Waals surface area contributed by atoms with Crippen molar-refractivity contribution in [3.05, 3.63) is 0 Å². The molecule has 3 aliphatic rings. The van der Waals surface area contributed by atoms with Crippen LogP contribution < -0.4 is 0 Å². The zero-order valence-corrected chi connectivity index (χ0v) is 11.9. The van der Waals surface area contributed by atoms with E-state index >= 15 is 0 Å². The van der Waals surface area contributed by atoms with Gasteiger partial charge in [0.05, 0.1) is 0 Å². The molecule has 0 aromatic heterocycles. The molecule has 3 rings (SSSR count). The highest BCUT2D eigenvalue weighted by Gasteiger charge is 2.62. The van der Waals surface area contributed by atoms with Gasteiger partial charge in [0.1, 0.15) is 0 Å². The number of nitrogens with zero attached hydrogens (tertiary/aromatic N) is 2. The molecule has 2 aliphatic heterocycles. The van der Waals surface area contributed by atoms with Crippen LogP contribution in [0.2, 0.25) is 0 Å². The lowest BCUT2D eigenvalue weighted by Crippen LogP contribution is -2.41. The summed E-state index contributed by atoms with van der Waals surface area (Å²) >= 11 is 0. The smallest absolute Gasteiger partial charge is 0.329 e. The molecule has 0 unspecified atom stereocenters. The van der Waals surface area contributed by atoms with Gasteiger partial charge in [-0.3, -0.25) is 19.2 Å². The van der Waals surface area contributed by atoms with Gasteiger partial charge in [0, 0.05) is 25.7 Å². The highest BCUT2D eigenvalue weighted by atomic mass is 16.7. The fourth-order valence-corrected chi connectivity index (χ4v) is 2.27. The number of hydroxylamine groups is 4. The number of hydrogen-bond acceptors (Lipinski definition) is 8. The number of rotatable bonds is 4. The van der Waals surface area contributed by atoms with Gasteiger partial charge in [0.25, 0.3) is 23.6 Å². The molecule has 23 heavy (non-hydrogen) atoms. The van der Waals surface area contributed by atoms with Crippen molar-refractivity contribution in [1.29, 1.82) is 0 Å². The van der Waals surface area contributed by atoms with Gasteiger partial charge < -0.3 is 9.68 Å². The first kappa shape index (κ1) is 15.1. The topological polar surface area (TPSA) is 127 Å². The Morgan fingerprint density at radius 2 is 1.00 bits per heavy atom. The predicted octanol–water partition coefficient (Wildman–Crippen LogP) is -1.02. The van der Waals surface area contributed by atoms with E-state index < -0.39 is 41.0 Å². The second-order valence-corrected chi connectivity index (χ2v) is 5.50. The summed E-state index contributed by atoms with van der Waals surface area (Å²) < 4.78 is 0. The molecular weight excluding hydrogens is 312 g/mol. The zero-order chi connectivity index (χ0) is 16.8. The predicted molar refractivity (Wildman–Crippen MR) is 66.0 cm³/mol. The summed E-state index contributed by atoms with van der Waals surface area (Å²) in [5.41, 5.74) is -1.69. The molecule has 122 valence electrons. The summed E-state index contributed by atoms with van der Waals surface area (Å²) in [5.74, 6) is -4.89. The molecule has 3 fully saturated rings. The second-order valence-electron chi connectivity index (χ2n) is 5.50. The molecule has 0 atom stereocenters. The van der Waals surface area contributed by atoms with E-state index in [0.29, 0.717) is 10.1 Å². The van der Waals surface area contributed by atoms with Crippen molar-refractivity contribution >= 4 is 35.6 Å². The third-order valence-electron chi connectivity index (χ3n) is 3.89. The molecule has 10 nitrogen and oxygen atoms in total. The molecule has 4 amide bonds. The molecule has 2 saturated heterocycles. The molecule has 1 aliphatic carbocycles. The van der Waals surface area contributed by atoms with Crippen LogP contribution in [0.5, 0.6) is 0 Å². The summed E-state index contributed by atoms with van der Waals surface area (Å²) in [4.78, 5) is 79.3. The van der Waals surface area contributed by atoms with Crippen LogP contribution in [0, 0.1) is 5.41 Å². The van der Waals surface area contributed by atoms with Crippen LogP contribution in [0.1, 0.15) is 38.5 Å². The Bertz CT molecular complexity index is 566. The van der Waals surface area contributed by atoms with Gasteiger partial charge in [0.15, 0.2) is 5.41 Å². The lowest BCUT2D eigenvalue weighted by atomic mass is 10.1. The van der Waals surface area contributed by atoms with E-state index in [9.17, 15) is 28.8 Å². The first-order chi connectivity index (χ1) is 10.8. The summed E-state index contributed by atoms with van der Waals surface area (Å²) in [5, 5.41) is 0.670. The fraction of sp³-hybridized carbons (Fsp3) is 0.538. The minimum Gasteiger partial charge on any atom is -0.329 e. The minimum atomic E-state index is -1.69. The molecule has 1 saturated carbocycles. The Kier molecular flexibility index (Phi) is 3.38. The van der Waals surface area contributed by atoms with Gasteiger partial charge >= 0.3 is 11.9 Å². The van der Waals surface area contributed by atoms with Gasteiger partial charge in [-0.2, -0.15) is 0 Å². The van der Waals surface area contributed by atoms with E-state index in [-0.39, 0.29) is 38.5 Å². The third-order valence-corrected chi connectivity index (χ3v) is 3.89. The lowest BCUT2D eigenvalue weighted by molar-refractivity contribution is -0.213. The minimum absolute atomic E-state index is 0.0691. The molecule has 0 spiro atoms. The van der Waals surface area contributed by atoms with E-state index in [0.717, 1.165) is 0 Å². The van der Waals surface area contributed by atoms with E-state index in [4.69, 9.17) is 9.68 Å². The lowest BCUT2D eigenvalue weighted by Gasteiger charge is -2.19. The molecule has 0 aromatic carbocycles. The Hall–Kier alpha value is -2.78. The van der Waals surface area contributed by atoms with Crippen LogP contribution >= 0.6 is 0 Å². The maximum Gasteiger partial charge on any atom is 0.350 e. The third kappa shape index (κ3) is 2.45. The van der Waals surface area contributed by atoms with Crippen LogP contribution in [-0.4, -0.2) is 45.7 Å². The summed E-state index contributed by atoms with van der Waals surface area (Å²) in [7, 11) is 0. The highest BCUT2D eigenvalue weighted by molar-refractivity contribution is 6.07. The SMILES string of the molecule is O=C1CCC(=O)N1OC(=O)C1(C(=O)ON2C(=O)CCC2=O)CC1. The van der Waals surface area contributed by atoms with Crippen molar-refractivity contribution in [3.8, 4) is 0 Å². The molecule has 0 aromatic rings. The van der Waals surface area contributed by atoms with Crippen molar-refractivity contribution in [1.82, 2.24) is 10.1 Å². The maximum atomic E-state index is 12.1. The summed E-state index contributed by atoms with van der Waals surface area (Å²) in [6.45, 7) is 0. The van der Waals surface area contributed by atoms with E-state index in [1.807, 2.05) is 0 Å². The van der Waals surface area contributed by atoms with E-state index in [2.05, 4.69) is 0 Å². The Morgan fingerprint density at radius 3 is 1.26 bits per heavy atom. The van der Waals surface area contributed by atoms with Gasteiger partial charge in [0.2, 0.25) is 0 Å². The number of imide groups is 2. The molecule has 10 heteroatoms. The number of amides is 4. The normalized spacial score (nSPS) is 22.6. The van der Waals surface area contributed by atoms with Gasteiger partial charge in [-0.25, -0.2) is 9.59 Å². The van der Waals surface area contributed by atoms with Gasteiger partial charge in [-0.15, -0.1) is 10.1 Å². The van der Waals surface area contributed by atoms with Crippen molar-refractivity contribution in [2.24, 2.45) is 5.41 Å². The summed E-state index contributed by atoms with van der Waals surface area (Å²) in [6.07, 6.45) is -0.115. The van der Waals surface area contributed by atoms with Crippen LogP contribution in [0.4, 0.5) is 0 Å². The molecule has 0 radical (unpaired) electrons. The first-order valence-electron chi connectivity index (χ1n) is 7.01. The van der Waals surface area contributed by atoms with Gasteiger partial charge in [-0.1, -0.05) is 0 Å². The number of carbonyl (C=O) groups is 6. The monoisotopic (exact) mass is 324 g/mol. The largest absolute Gasteiger partial charge is 0.350 e. The molecule has 0 N–H and O–H groups in total. The summed E-state index contributed by atoms with van der Waals surface area (Å²) in [6, 6.07) is 0. The average Bonchev–Trinajstić information content (AvgIpc) is 3.21.